The number of hydrogen-bond donors (Lipinski definition) is 1. The summed E-state index contributed by atoms with van der Waals surface area (Å²) in [6.45, 7) is 2.12. The lowest BCUT2D eigenvalue weighted by atomic mass is 9.76. The Morgan fingerprint density at radius 2 is 2.18 bits per heavy atom. The van der Waals surface area contributed by atoms with Crippen LogP contribution >= 0.6 is 0 Å². The Balaban J connectivity index is 1.75. The van der Waals surface area contributed by atoms with Crippen molar-refractivity contribution in [1.29, 1.82) is 5.26 Å². The fraction of sp³-hybridized carbons (Fsp3) is 0.526. The largest absolute Gasteiger partial charge is 0.442 e. The number of ether oxygens (including phenoxy) is 1. The molecule has 3 rings (SSSR count). The number of anilines is 1. The first-order valence-corrected chi connectivity index (χ1v) is 10.7. The molecule has 2 aliphatic rings. The van der Waals surface area contributed by atoms with E-state index < -0.39 is 34.2 Å². The van der Waals surface area contributed by atoms with E-state index in [4.69, 9.17) is 4.74 Å². The van der Waals surface area contributed by atoms with E-state index >= 15 is 0 Å². The highest BCUT2D eigenvalue weighted by Crippen LogP contribution is 2.38. The average molecular weight is 407 g/mol. The van der Waals surface area contributed by atoms with Crippen molar-refractivity contribution < 1.29 is 22.9 Å². The highest BCUT2D eigenvalue weighted by atomic mass is 32.2. The topological polar surface area (TPSA) is 99.5 Å². The molecule has 2 saturated heterocycles. The molecule has 150 valence electrons. The summed E-state index contributed by atoms with van der Waals surface area (Å²) in [6, 6.07) is 6.57. The Morgan fingerprint density at radius 1 is 1.46 bits per heavy atom. The summed E-state index contributed by atoms with van der Waals surface area (Å²) in [5.74, 6) is 0.0406. The molecular weight excluding hydrogens is 385 g/mol. The predicted molar refractivity (Wildman–Crippen MR) is 102 cm³/mol. The number of cyclic esters (lactones) is 1. The van der Waals surface area contributed by atoms with Gasteiger partial charge in [-0.2, -0.15) is 5.26 Å². The van der Waals surface area contributed by atoms with Crippen molar-refractivity contribution in [2.75, 3.05) is 29.5 Å². The highest BCUT2D eigenvalue weighted by molar-refractivity contribution is 7.85. The summed E-state index contributed by atoms with van der Waals surface area (Å²) in [5, 5.41) is 12.3. The van der Waals surface area contributed by atoms with Gasteiger partial charge in [0.1, 0.15) is 11.9 Å². The summed E-state index contributed by atoms with van der Waals surface area (Å²) in [6.07, 6.45) is -0.0876. The molecule has 28 heavy (non-hydrogen) atoms. The van der Waals surface area contributed by atoms with Crippen LogP contribution < -0.4 is 10.2 Å². The van der Waals surface area contributed by atoms with Crippen LogP contribution in [0.4, 0.5) is 14.9 Å². The number of amides is 2. The monoisotopic (exact) mass is 407 g/mol. The molecule has 0 saturated carbocycles. The molecule has 2 amide bonds. The lowest BCUT2D eigenvalue weighted by Crippen LogP contribution is -2.35. The molecule has 1 aromatic rings. The van der Waals surface area contributed by atoms with Crippen molar-refractivity contribution in [3.05, 3.63) is 29.6 Å². The number of rotatable bonds is 5. The third-order valence-corrected chi connectivity index (χ3v) is 6.55. The normalized spacial score (nSPS) is 27.2. The molecular formula is C19H22FN3O4S. The maximum absolute atomic E-state index is 14.9. The average Bonchev–Trinajstić information content (AvgIpc) is 3.07. The van der Waals surface area contributed by atoms with Crippen LogP contribution in [-0.2, 0) is 25.7 Å². The van der Waals surface area contributed by atoms with E-state index in [1.165, 1.54) is 17.0 Å². The van der Waals surface area contributed by atoms with E-state index in [9.17, 15) is 23.5 Å². The molecule has 1 N–H and O–H groups in total. The first kappa shape index (κ1) is 20.3. The fourth-order valence-electron chi connectivity index (χ4n) is 3.50. The lowest BCUT2D eigenvalue weighted by Gasteiger charge is -2.31. The number of halogens is 1. The Bertz CT molecular complexity index is 844. The minimum atomic E-state index is -0.991. The minimum Gasteiger partial charge on any atom is -0.442 e. The molecule has 1 aromatic carbocycles. The van der Waals surface area contributed by atoms with Gasteiger partial charge in [-0.05, 0) is 25.0 Å². The van der Waals surface area contributed by atoms with Crippen LogP contribution in [0.2, 0.25) is 0 Å². The molecule has 0 aliphatic carbocycles. The van der Waals surface area contributed by atoms with E-state index in [-0.39, 0.29) is 24.6 Å². The van der Waals surface area contributed by atoms with Crippen molar-refractivity contribution in [2.45, 2.75) is 37.7 Å². The van der Waals surface area contributed by atoms with Gasteiger partial charge in [-0.3, -0.25) is 13.9 Å². The van der Waals surface area contributed by atoms with Gasteiger partial charge in [0, 0.05) is 34.3 Å². The lowest BCUT2D eigenvalue weighted by molar-refractivity contribution is -0.121. The van der Waals surface area contributed by atoms with Gasteiger partial charge in [0.2, 0.25) is 5.91 Å². The number of nitrogens with zero attached hydrogens (tertiary/aromatic N) is 2. The third-order valence-electron chi connectivity index (χ3n) is 5.23. The van der Waals surface area contributed by atoms with Crippen molar-refractivity contribution in [2.24, 2.45) is 0 Å². The van der Waals surface area contributed by atoms with Crippen LogP contribution in [-0.4, -0.2) is 46.9 Å². The smallest absolute Gasteiger partial charge is 0.414 e. The molecule has 7 nitrogen and oxygen atoms in total. The van der Waals surface area contributed by atoms with Crippen molar-refractivity contribution in [1.82, 2.24) is 5.32 Å². The SMILES string of the molecule is CCC(=O)NC[C@H]1CN(c2ccc(C3(C#N)CCS(=O)CC3)c(F)c2)C(=O)O1. The van der Waals surface area contributed by atoms with Crippen LogP contribution in [0.3, 0.4) is 0 Å². The van der Waals surface area contributed by atoms with Crippen molar-refractivity contribution in [3.63, 3.8) is 0 Å². The second-order valence-electron chi connectivity index (χ2n) is 6.98. The number of hydrogen-bond acceptors (Lipinski definition) is 5. The van der Waals surface area contributed by atoms with Crippen LogP contribution in [0.15, 0.2) is 18.2 Å². The second kappa shape index (κ2) is 8.27. The Kier molecular flexibility index (Phi) is 5.98. The van der Waals surface area contributed by atoms with Crippen LogP contribution in [0.25, 0.3) is 0 Å². The van der Waals surface area contributed by atoms with Crippen molar-refractivity contribution >= 4 is 28.5 Å². The summed E-state index contributed by atoms with van der Waals surface area (Å²) in [4.78, 5) is 24.8. The van der Waals surface area contributed by atoms with Gasteiger partial charge in [-0.25, -0.2) is 9.18 Å². The summed E-state index contributed by atoms with van der Waals surface area (Å²) in [7, 11) is -0.963. The maximum Gasteiger partial charge on any atom is 0.414 e. The van der Waals surface area contributed by atoms with Crippen LogP contribution in [0.5, 0.6) is 0 Å². The Labute approximate surface area is 165 Å². The van der Waals surface area contributed by atoms with Crippen LogP contribution in [0, 0.1) is 17.1 Å². The molecule has 0 aromatic heterocycles. The minimum absolute atomic E-state index is 0.139. The van der Waals surface area contributed by atoms with Gasteiger partial charge in [0.05, 0.1) is 30.3 Å². The highest BCUT2D eigenvalue weighted by Gasteiger charge is 2.39. The molecule has 2 heterocycles. The molecule has 2 aliphatic heterocycles. The van der Waals surface area contributed by atoms with Gasteiger partial charge >= 0.3 is 6.09 Å². The zero-order valence-electron chi connectivity index (χ0n) is 15.6. The molecule has 0 radical (unpaired) electrons. The molecule has 0 bridgehead atoms. The van der Waals surface area contributed by atoms with Gasteiger partial charge in [0.15, 0.2) is 0 Å². The quantitative estimate of drug-likeness (QED) is 0.805. The number of benzene rings is 1. The number of carbonyl (C=O) groups is 2. The first-order valence-electron chi connectivity index (χ1n) is 9.19. The predicted octanol–water partition coefficient (Wildman–Crippen LogP) is 1.98. The van der Waals surface area contributed by atoms with Gasteiger partial charge in [-0.1, -0.05) is 13.0 Å². The molecule has 0 unspecified atom stereocenters. The third kappa shape index (κ3) is 4.02. The number of nitrogens with one attached hydrogen (secondary N) is 1. The van der Waals surface area contributed by atoms with E-state index in [1.54, 1.807) is 13.0 Å². The number of nitriles is 1. The zero-order valence-corrected chi connectivity index (χ0v) is 16.4. The molecule has 9 heteroatoms. The van der Waals surface area contributed by atoms with Crippen LogP contribution in [0.1, 0.15) is 31.7 Å². The van der Waals surface area contributed by atoms with Gasteiger partial charge in [-0.15, -0.1) is 0 Å². The number of carbonyl (C=O) groups excluding carboxylic acids is 2. The zero-order chi connectivity index (χ0) is 20.3. The summed E-state index contributed by atoms with van der Waals surface area (Å²) >= 11 is 0. The Morgan fingerprint density at radius 3 is 2.79 bits per heavy atom. The van der Waals surface area contributed by atoms with Gasteiger partial charge < -0.3 is 10.1 Å². The van der Waals surface area contributed by atoms with E-state index in [0.717, 1.165) is 0 Å². The van der Waals surface area contributed by atoms with E-state index in [0.29, 0.717) is 36.5 Å². The Hall–Kier alpha value is -2.47. The molecule has 0 spiro atoms. The second-order valence-corrected chi connectivity index (χ2v) is 8.68. The van der Waals surface area contributed by atoms with Gasteiger partial charge in [0.25, 0.3) is 0 Å². The molecule has 2 fully saturated rings. The summed E-state index contributed by atoms with van der Waals surface area (Å²) < 4.78 is 31.7. The summed E-state index contributed by atoms with van der Waals surface area (Å²) in [5.41, 5.74) is -0.382. The standard InChI is InChI=1S/C19H22FN3O4S/c1-2-17(24)22-10-14-11-23(18(25)27-14)13-3-4-15(16(20)9-13)19(12-21)5-7-28(26)8-6-19/h3-4,9,14H,2,5-8,10-11H2,1H3,(H,22,24)/t14-,19?,28?/m0/s1. The van der Waals surface area contributed by atoms with E-state index in [2.05, 4.69) is 11.4 Å². The fourth-order valence-corrected chi connectivity index (χ4v) is 4.85. The molecule has 1 atom stereocenters. The first-order chi connectivity index (χ1) is 13.4. The van der Waals surface area contributed by atoms with E-state index in [1.807, 2.05) is 0 Å². The maximum atomic E-state index is 14.9. The van der Waals surface area contributed by atoms with Crippen molar-refractivity contribution in [3.8, 4) is 6.07 Å².